The van der Waals surface area contributed by atoms with Gasteiger partial charge in [0.2, 0.25) is 0 Å². The SMILES string of the molecule is CC[C@H](C)Oc1c(OC)cc(C=Nn2c(C(C)C)nc3ccc(Br)cc3c2=O)c(Br)c1Br. The van der Waals surface area contributed by atoms with Crippen LogP contribution < -0.4 is 15.0 Å². The average Bonchev–Trinajstić information content (AvgIpc) is 2.77. The zero-order chi connectivity index (χ0) is 23.6. The van der Waals surface area contributed by atoms with Gasteiger partial charge in [-0.2, -0.15) is 9.78 Å². The second-order valence-corrected chi connectivity index (χ2v) is 10.1. The summed E-state index contributed by atoms with van der Waals surface area (Å²) in [5.74, 6) is 1.77. The van der Waals surface area contributed by atoms with Crippen LogP contribution in [0.3, 0.4) is 0 Å². The van der Waals surface area contributed by atoms with Gasteiger partial charge in [-0.3, -0.25) is 4.79 Å². The fraction of sp³-hybridized carbons (Fsp3) is 0.348. The normalized spacial score (nSPS) is 12.7. The lowest BCUT2D eigenvalue weighted by Gasteiger charge is -2.19. The Balaban J connectivity index is 2.15. The van der Waals surface area contributed by atoms with E-state index in [2.05, 4.69) is 64.8 Å². The highest BCUT2D eigenvalue weighted by Crippen LogP contribution is 2.43. The number of hydrogen-bond donors (Lipinski definition) is 0. The van der Waals surface area contributed by atoms with Crippen molar-refractivity contribution in [1.29, 1.82) is 0 Å². The number of halogens is 3. The summed E-state index contributed by atoms with van der Waals surface area (Å²) in [6.07, 6.45) is 2.51. The summed E-state index contributed by atoms with van der Waals surface area (Å²) in [5.41, 5.74) is 1.14. The molecule has 1 atom stereocenters. The number of aromatic nitrogens is 2. The molecule has 2 aromatic carbocycles. The second kappa shape index (κ2) is 10.5. The van der Waals surface area contributed by atoms with Gasteiger partial charge in [-0.05, 0) is 69.5 Å². The van der Waals surface area contributed by atoms with Crippen LogP contribution in [0.25, 0.3) is 10.9 Å². The molecule has 0 saturated heterocycles. The van der Waals surface area contributed by atoms with E-state index in [4.69, 9.17) is 9.47 Å². The van der Waals surface area contributed by atoms with Crippen LogP contribution in [0.2, 0.25) is 0 Å². The zero-order valence-electron chi connectivity index (χ0n) is 18.4. The number of ether oxygens (including phenoxy) is 2. The van der Waals surface area contributed by atoms with Crippen LogP contribution in [0, 0.1) is 0 Å². The summed E-state index contributed by atoms with van der Waals surface area (Å²) in [6, 6.07) is 7.28. The smallest absolute Gasteiger partial charge is 0.282 e. The van der Waals surface area contributed by atoms with Crippen LogP contribution >= 0.6 is 47.8 Å². The molecule has 6 nitrogen and oxygen atoms in total. The largest absolute Gasteiger partial charge is 0.493 e. The van der Waals surface area contributed by atoms with Gasteiger partial charge in [-0.25, -0.2) is 4.98 Å². The summed E-state index contributed by atoms with van der Waals surface area (Å²) in [4.78, 5) is 17.9. The Bertz CT molecular complexity index is 1240. The van der Waals surface area contributed by atoms with Crippen molar-refractivity contribution >= 4 is 64.9 Å². The highest BCUT2D eigenvalue weighted by atomic mass is 79.9. The van der Waals surface area contributed by atoms with Gasteiger partial charge in [0.05, 0.1) is 34.8 Å². The molecule has 0 saturated carbocycles. The van der Waals surface area contributed by atoms with Crippen LogP contribution in [0.5, 0.6) is 11.5 Å². The van der Waals surface area contributed by atoms with Gasteiger partial charge in [-0.15, -0.1) is 0 Å². The predicted octanol–water partition coefficient (Wildman–Crippen LogP) is 6.88. The van der Waals surface area contributed by atoms with E-state index in [1.165, 1.54) is 4.68 Å². The molecule has 0 N–H and O–H groups in total. The second-order valence-electron chi connectivity index (χ2n) is 7.61. The minimum atomic E-state index is -0.227. The molecule has 0 aliphatic rings. The van der Waals surface area contributed by atoms with Gasteiger partial charge in [0, 0.05) is 20.4 Å². The summed E-state index contributed by atoms with van der Waals surface area (Å²) in [6.45, 7) is 8.02. The zero-order valence-corrected chi connectivity index (χ0v) is 23.2. The molecule has 1 heterocycles. The summed E-state index contributed by atoms with van der Waals surface area (Å²) in [5, 5.41) is 5.01. The number of rotatable bonds is 7. The van der Waals surface area contributed by atoms with E-state index in [1.54, 1.807) is 19.4 Å². The van der Waals surface area contributed by atoms with Crippen molar-refractivity contribution in [3.8, 4) is 11.5 Å². The number of hydrogen-bond acceptors (Lipinski definition) is 5. The minimum absolute atomic E-state index is 0.00363. The first-order valence-electron chi connectivity index (χ1n) is 10.2. The van der Waals surface area contributed by atoms with Crippen molar-refractivity contribution in [2.24, 2.45) is 5.10 Å². The molecule has 3 aromatic rings. The maximum atomic E-state index is 13.2. The molecule has 0 aliphatic carbocycles. The first-order valence-corrected chi connectivity index (χ1v) is 12.5. The van der Waals surface area contributed by atoms with E-state index in [-0.39, 0.29) is 17.6 Å². The lowest BCUT2D eigenvalue weighted by atomic mass is 10.2. The van der Waals surface area contributed by atoms with Crippen molar-refractivity contribution in [2.75, 3.05) is 7.11 Å². The molecule has 170 valence electrons. The monoisotopic (exact) mass is 627 g/mol. The van der Waals surface area contributed by atoms with E-state index in [0.717, 1.165) is 25.4 Å². The third-order valence-electron chi connectivity index (χ3n) is 4.93. The standard InChI is InChI=1S/C23H24Br3N3O3/c1-6-13(4)32-21-18(31-5)9-14(19(25)20(21)26)11-27-29-22(12(2)3)28-17-8-7-15(24)10-16(17)23(29)30/h7-13H,6H2,1-5H3/t13-/m0/s1. The van der Waals surface area contributed by atoms with Crippen LogP contribution in [0.1, 0.15) is 51.4 Å². The number of nitrogens with zero attached hydrogens (tertiary/aromatic N) is 3. The van der Waals surface area contributed by atoms with Gasteiger partial charge in [0.25, 0.3) is 5.56 Å². The van der Waals surface area contributed by atoms with Gasteiger partial charge in [0.1, 0.15) is 5.82 Å². The molecule has 0 bridgehead atoms. The molecule has 0 radical (unpaired) electrons. The highest BCUT2D eigenvalue weighted by Gasteiger charge is 2.19. The van der Waals surface area contributed by atoms with Crippen LogP contribution in [0.4, 0.5) is 0 Å². The van der Waals surface area contributed by atoms with E-state index in [0.29, 0.717) is 28.2 Å². The van der Waals surface area contributed by atoms with E-state index < -0.39 is 0 Å². The summed E-state index contributed by atoms with van der Waals surface area (Å²) < 4.78 is 15.2. The van der Waals surface area contributed by atoms with Crippen LogP contribution in [0.15, 0.2) is 47.6 Å². The number of methoxy groups -OCH3 is 1. The Morgan fingerprint density at radius 3 is 2.50 bits per heavy atom. The van der Waals surface area contributed by atoms with Crippen molar-refractivity contribution in [1.82, 2.24) is 9.66 Å². The van der Waals surface area contributed by atoms with Gasteiger partial charge < -0.3 is 9.47 Å². The number of benzene rings is 2. The fourth-order valence-corrected chi connectivity index (χ4v) is 4.29. The maximum Gasteiger partial charge on any atom is 0.282 e. The summed E-state index contributed by atoms with van der Waals surface area (Å²) in [7, 11) is 1.59. The molecule has 0 aliphatic heterocycles. The molecular formula is C23H24Br3N3O3. The fourth-order valence-electron chi connectivity index (χ4n) is 3.02. The Labute approximate surface area is 212 Å². The number of fused-ring (bicyclic) bond motifs is 1. The van der Waals surface area contributed by atoms with Crippen molar-refractivity contribution in [2.45, 2.75) is 46.1 Å². The quantitative estimate of drug-likeness (QED) is 0.268. The first-order chi connectivity index (χ1) is 15.2. The van der Waals surface area contributed by atoms with Crippen molar-refractivity contribution in [3.05, 3.63) is 59.4 Å². The molecular weight excluding hydrogens is 606 g/mol. The van der Waals surface area contributed by atoms with Gasteiger partial charge in [-0.1, -0.05) is 36.7 Å². The van der Waals surface area contributed by atoms with Crippen molar-refractivity contribution in [3.63, 3.8) is 0 Å². The topological polar surface area (TPSA) is 65.7 Å². The lowest BCUT2D eigenvalue weighted by molar-refractivity contribution is 0.206. The Morgan fingerprint density at radius 2 is 1.88 bits per heavy atom. The van der Waals surface area contributed by atoms with Crippen LogP contribution in [-0.4, -0.2) is 29.1 Å². The predicted molar refractivity (Wildman–Crippen MR) is 140 cm³/mol. The molecule has 0 amide bonds. The molecule has 0 unspecified atom stereocenters. The molecule has 32 heavy (non-hydrogen) atoms. The van der Waals surface area contributed by atoms with Gasteiger partial charge in [0.15, 0.2) is 11.5 Å². The maximum absolute atomic E-state index is 13.2. The third-order valence-corrected chi connectivity index (χ3v) is 7.57. The average molecular weight is 630 g/mol. The third kappa shape index (κ3) is 5.10. The molecule has 1 aromatic heterocycles. The van der Waals surface area contributed by atoms with Crippen LogP contribution in [-0.2, 0) is 0 Å². The molecule has 0 spiro atoms. The Morgan fingerprint density at radius 1 is 1.16 bits per heavy atom. The highest BCUT2D eigenvalue weighted by molar-refractivity contribution is 9.13. The van der Waals surface area contributed by atoms with E-state index in [1.807, 2.05) is 39.0 Å². The molecule has 3 rings (SSSR count). The van der Waals surface area contributed by atoms with E-state index in [9.17, 15) is 4.79 Å². The molecule has 9 heteroatoms. The van der Waals surface area contributed by atoms with Crippen molar-refractivity contribution < 1.29 is 9.47 Å². The first kappa shape index (κ1) is 24.9. The summed E-state index contributed by atoms with van der Waals surface area (Å²) >= 11 is 10.6. The Kier molecular flexibility index (Phi) is 8.16. The van der Waals surface area contributed by atoms with E-state index >= 15 is 0 Å². The van der Waals surface area contributed by atoms with Gasteiger partial charge >= 0.3 is 0 Å². The Hall–Kier alpha value is -1.71. The lowest BCUT2D eigenvalue weighted by Crippen LogP contribution is -2.23. The molecule has 0 fully saturated rings. The minimum Gasteiger partial charge on any atom is -0.493 e.